The number of benzene rings is 1. The van der Waals surface area contributed by atoms with E-state index < -0.39 is 0 Å². The van der Waals surface area contributed by atoms with Gasteiger partial charge in [0.2, 0.25) is 0 Å². The maximum atomic E-state index is 12.6. The third-order valence-electron chi connectivity index (χ3n) is 4.11. The Hall–Kier alpha value is -1.57. The molecule has 2 aliphatic rings. The second kappa shape index (κ2) is 5.60. The summed E-state index contributed by atoms with van der Waals surface area (Å²) in [6, 6.07) is 8.05. The summed E-state index contributed by atoms with van der Waals surface area (Å²) in [7, 11) is 0. The van der Waals surface area contributed by atoms with Gasteiger partial charge in [0.05, 0.1) is 12.5 Å². The molecule has 1 atom stereocenters. The van der Waals surface area contributed by atoms with Gasteiger partial charge in [0.25, 0.3) is 0 Å². The minimum Gasteiger partial charge on any atom is -0.493 e. The molecule has 1 heterocycles. The number of Topliss-reactive ketones (excluding diaryl/α,β-unsaturated/α-hetero) is 1. The molecule has 0 amide bonds. The Morgan fingerprint density at radius 2 is 2.05 bits per heavy atom. The summed E-state index contributed by atoms with van der Waals surface area (Å²) >= 11 is 0. The monoisotopic (exact) mass is 256 g/mol. The van der Waals surface area contributed by atoms with Crippen LogP contribution in [0.25, 0.3) is 0 Å². The number of hydrogen-bond donors (Lipinski definition) is 0. The number of hydrogen-bond acceptors (Lipinski definition) is 2. The number of ketones is 1. The molecule has 19 heavy (non-hydrogen) atoms. The molecule has 0 radical (unpaired) electrons. The molecule has 0 spiro atoms. The molecule has 0 aromatic heterocycles. The predicted molar refractivity (Wildman–Crippen MR) is 75.3 cm³/mol. The van der Waals surface area contributed by atoms with Gasteiger partial charge in [0.15, 0.2) is 5.78 Å². The lowest BCUT2D eigenvalue weighted by molar-refractivity contribution is -0.120. The fraction of sp³-hybridized carbons (Fsp3) is 0.471. The first-order chi connectivity index (χ1) is 9.34. The van der Waals surface area contributed by atoms with Crippen molar-refractivity contribution >= 4 is 5.78 Å². The Bertz CT molecular complexity index is 502. The molecule has 1 unspecified atom stereocenters. The van der Waals surface area contributed by atoms with Crippen molar-refractivity contribution < 1.29 is 9.53 Å². The standard InChI is InChI=1S/C17H20O2/c18-17(13-7-3-1-2-4-8-13)15-11-14-9-5-6-10-16(14)19-12-15/h5-7,9-10,15H,1-4,8,11-12H2. The maximum Gasteiger partial charge on any atom is 0.165 e. The third-order valence-corrected chi connectivity index (χ3v) is 4.11. The van der Waals surface area contributed by atoms with E-state index in [1.165, 1.54) is 18.4 Å². The second-order valence-electron chi connectivity index (χ2n) is 5.51. The van der Waals surface area contributed by atoms with Gasteiger partial charge in [-0.2, -0.15) is 0 Å². The number of rotatable bonds is 2. The minimum absolute atomic E-state index is 0.0132. The van der Waals surface area contributed by atoms with Crippen LogP contribution in [0.5, 0.6) is 5.75 Å². The zero-order valence-electron chi connectivity index (χ0n) is 11.2. The van der Waals surface area contributed by atoms with Crippen molar-refractivity contribution in [3.8, 4) is 5.75 Å². The zero-order chi connectivity index (χ0) is 13.1. The van der Waals surface area contributed by atoms with E-state index in [2.05, 4.69) is 12.1 Å². The zero-order valence-corrected chi connectivity index (χ0v) is 11.2. The Morgan fingerprint density at radius 3 is 3.00 bits per heavy atom. The van der Waals surface area contributed by atoms with Gasteiger partial charge in [0, 0.05) is 0 Å². The van der Waals surface area contributed by atoms with E-state index in [0.717, 1.165) is 37.0 Å². The highest BCUT2D eigenvalue weighted by Crippen LogP contribution is 2.30. The molecule has 1 aromatic carbocycles. The first kappa shape index (κ1) is 12.5. The van der Waals surface area contributed by atoms with E-state index in [1.807, 2.05) is 18.2 Å². The summed E-state index contributed by atoms with van der Waals surface area (Å²) in [5.41, 5.74) is 2.21. The molecule has 1 aliphatic carbocycles. The van der Waals surface area contributed by atoms with E-state index in [-0.39, 0.29) is 5.92 Å². The fourth-order valence-corrected chi connectivity index (χ4v) is 3.00. The molecule has 1 aromatic rings. The maximum absolute atomic E-state index is 12.6. The van der Waals surface area contributed by atoms with Crippen molar-refractivity contribution in [2.45, 2.75) is 38.5 Å². The molecular weight excluding hydrogens is 236 g/mol. The lowest BCUT2D eigenvalue weighted by Crippen LogP contribution is -2.29. The van der Waals surface area contributed by atoms with Crippen LogP contribution in [0, 0.1) is 5.92 Å². The molecule has 2 heteroatoms. The van der Waals surface area contributed by atoms with Crippen molar-refractivity contribution in [2.75, 3.05) is 6.61 Å². The van der Waals surface area contributed by atoms with Gasteiger partial charge in [-0.15, -0.1) is 0 Å². The fourth-order valence-electron chi connectivity index (χ4n) is 3.00. The van der Waals surface area contributed by atoms with Gasteiger partial charge in [-0.1, -0.05) is 30.7 Å². The Balaban J connectivity index is 1.74. The van der Waals surface area contributed by atoms with Gasteiger partial charge >= 0.3 is 0 Å². The SMILES string of the molecule is O=C(C1=CCCCCC1)C1COc2ccccc2C1. The van der Waals surface area contributed by atoms with Crippen LogP contribution < -0.4 is 4.74 Å². The average molecular weight is 256 g/mol. The van der Waals surface area contributed by atoms with Crippen LogP contribution in [0.2, 0.25) is 0 Å². The highest BCUT2D eigenvalue weighted by Gasteiger charge is 2.27. The smallest absolute Gasteiger partial charge is 0.165 e. The van der Waals surface area contributed by atoms with Gasteiger partial charge in [0.1, 0.15) is 5.75 Å². The molecule has 0 saturated carbocycles. The van der Waals surface area contributed by atoms with Crippen molar-refractivity contribution in [3.63, 3.8) is 0 Å². The number of fused-ring (bicyclic) bond motifs is 1. The van der Waals surface area contributed by atoms with Crippen LogP contribution >= 0.6 is 0 Å². The molecule has 0 bridgehead atoms. The first-order valence-corrected chi connectivity index (χ1v) is 7.28. The van der Waals surface area contributed by atoms with Gasteiger partial charge in [-0.25, -0.2) is 0 Å². The van der Waals surface area contributed by atoms with Crippen LogP contribution in [0.4, 0.5) is 0 Å². The molecule has 0 N–H and O–H groups in total. The summed E-state index contributed by atoms with van der Waals surface area (Å²) < 4.78 is 5.73. The molecule has 100 valence electrons. The van der Waals surface area contributed by atoms with E-state index in [4.69, 9.17) is 4.74 Å². The third kappa shape index (κ3) is 2.73. The van der Waals surface area contributed by atoms with Gasteiger partial charge in [-0.3, -0.25) is 4.79 Å². The quantitative estimate of drug-likeness (QED) is 0.806. The summed E-state index contributed by atoms with van der Waals surface area (Å²) in [5, 5.41) is 0. The molecule has 3 rings (SSSR count). The van der Waals surface area contributed by atoms with Gasteiger partial charge in [-0.05, 0) is 49.3 Å². The summed E-state index contributed by atoms with van der Waals surface area (Å²) in [6.45, 7) is 0.535. The van der Waals surface area contributed by atoms with E-state index in [0.29, 0.717) is 12.4 Å². The predicted octanol–water partition coefficient (Wildman–Crippen LogP) is 3.70. The normalized spacial score (nSPS) is 22.7. The lowest BCUT2D eigenvalue weighted by atomic mass is 9.88. The Kier molecular flexibility index (Phi) is 3.67. The van der Waals surface area contributed by atoms with Crippen molar-refractivity contribution in [2.24, 2.45) is 5.92 Å². The molecule has 0 fully saturated rings. The van der Waals surface area contributed by atoms with E-state index in [9.17, 15) is 4.79 Å². The van der Waals surface area contributed by atoms with Crippen LogP contribution in [0.1, 0.15) is 37.7 Å². The van der Waals surface area contributed by atoms with Crippen molar-refractivity contribution in [1.29, 1.82) is 0 Å². The van der Waals surface area contributed by atoms with E-state index >= 15 is 0 Å². The number of ether oxygens (including phenoxy) is 1. The Morgan fingerprint density at radius 1 is 1.16 bits per heavy atom. The summed E-state index contributed by atoms with van der Waals surface area (Å²) in [6.07, 6.45) is 8.63. The topological polar surface area (TPSA) is 26.3 Å². The second-order valence-corrected chi connectivity index (χ2v) is 5.51. The molecule has 0 saturated heterocycles. The Labute approximate surface area is 114 Å². The number of carbonyl (C=O) groups is 1. The molecule has 1 aliphatic heterocycles. The van der Waals surface area contributed by atoms with Crippen molar-refractivity contribution in [3.05, 3.63) is 41.5 Å². The summed E-state index contributed by atoms with van der Waals surface area (Å²) in [5.74, 6) is 1.28. The van der Waals surface area contributed by atoms with Crippen LogP contribution in [-0.4, -0.2) is 12.4 Å². The van der Waals surface area contributed by atoms with E-state index in [1.54, 1.807) is 0 Å². The summed E-state index contributed by atoms with van der Waals surface area (Å²) in [4.78, 5) is 12.6. The number of para-hydroxylation sites is 1. The van der Waals surface area contributed by atoms with Gasteiger partial charge < -0.3 is 4.74 Å². The highest BCUT2D eigenvalue weighted by molar-refractivity contribution is 5.97. The van der Waals surface area contributed by atoms with Crippen LogP contribution in [0.15, 0.2) is 35.9 Å². The number of allylic oxidation sites excluding steroid dienone is 2. The molecular formula is C17H20O2. The van der Waals surface area contributed by atoms with Crippen LogP contribution in [-0.2, 0) is 11.2 Å². The number of carbonyl (C=O) groups excluding carboxylic acids is 1. The van der Waals surface area contributed by atoms with Crippen molar-refractivity contribution in [1.82, 2.24) is 0 Å². The lowest BCUT2D eigenvalue weighted by Gasteiger charge is -2.25. The molecule has 2 nitrogen and oxygen atoms in total. The average Bonchev–Trinajstić information content (AvgIpc) is 2.75. The first-order valence-electron chi connectivity index (χ1n) is 7.28. The minimum atomic E-state index is 0.0132. The largest absolute Gasteiger partial charge is 0.493 e. The highest BCUT2D eigenvalue weighted by atomic mass is 16.5. The van der Waals surface area contributed by atoms with Crippen LogP contribution in [0.3, 0.4) is 0 Å².